The van der Waals surface area contributed by atoms with Gasteiger partial charge in [-0.2, -0.15) is 0 Å². The van der Waals surface area contributed by atoms with Gasteiger partial charge in [0.2, 0.25) is 5.88 Å². The smallest absolute Gasteiger partial charge is 0.213 e. The highest BCUT2D eigenvalue weighted by Crippen LogP contribution is 2.10. The monoisotopic (exact) mass is 252 g/mol. The summed E-state index contributed by atoms with van der Waals surface area (Å²) in [5.41, 5.74) is 6.41. The van der Waals surface area contributed by atoms with Gasteiger partial charge < -0.3 is 15.7 Å². The zero-order valence-electron chi connectivity index (χ0n) is 11.0. The molecule has 1 aromatic heterocycles. The first-order chi connectivity index (χ1) is 8.56. The minimum absolute atomic E-state index is 0.161. The van der Waals surface area contributed by atoms with Crippen LogP contribution >= 0.6 is 0 Å². The van der Waals surface area contributed by atoms with E-state index < -0.39 is 0 Å². The van der Waals surface area contributed by atoms with E-state index in [-0.39, 0.29) is 11.9 Å². The number of nitrogens with zero attached hydrogens (tertiary/aromatic N) is 3. The molecule has 3 N–H and O–H groups in total. The summed E-state index contributed by atoms with van der Waals surface area (Å²) in [6.45, 7) is 2.69. The molecule has 0 saturated heterocycles. The molecule has 0 aliphatic rings. The summed E-state index contributed by atoms with van der Waals surface area (Å²) in [4.78, 5) is 6.42. The maximum atomic E-state index is 8.54. The van der Waals surface area contributed by atoms with Crippen molar-refractivity contribution in [2.45, 2.75) is 25.9 Å². The van der Waals surface area contributed by atoms with Gasteiger partial charge in [0.15, 0.2) is 0 Å². The molecule has 0 radical (unpaired) electrons. The van der Waals surface area contributed by atoms with E-state index in [0.717, 1.165) is 5.69 Å². The molecule has 1 rings (SSSR count). The molecule has 0 aliphatic heterocycles. The number of rotatable bonds is 6. The minimum atomic E-state index is 0.161. The van der Waals surface area contributed by atoms with Crippen molar-refractivity contribution >= 4 is 5.84 Å². The van der Waals surface area contributed by atoms with Crippen molar-refractivity contribution < 1.29 is 9.94 Å². The van der Waals surface area contributed by atoms with Gasteiger partial charge in [-0.05, 0) is 20.0 Å². The number of ether oxygens (including phenoxy) is 1. The van der Waals surface area contributed by atoms with Gasteiger partial charge in [0, 0.05) is 25.1 Å². The fourth-order valence-electron chi connectivity index (χ4n) is 1.57. The van der Waals surface area contributed by atoms with E-state index in [0.29, 0.717) is 18.8 Å². The lowest BCUT2D eigenvalue weighted by molar-refractivity contribution is 0.247. The lowest BCUT2D eigenvalue weighted by Gasteiger charge is -2.23. The summed E-state index contributed by atoms with van der Waals surface area (Å²) >= 11 is 0. The Hall–Kier alpha value is -1.82. The number of aromatic nitrogens is 1. The molecule has 1 atom stereocenters. The average molecular weight is 252 g/mol. The summed E-state index contributed by atoms with van der Waals surface area (Å²) in [6.07, 6.45) is 0.511. The Kier molecular flexibility index (Phi) is 5.38. The zero-order valence-corrected chi connectivity index (χ0v) is 11.0. The van der Waals surface area contributed by atoms with Crippen molar-refractivity contribution in [2.24, 2.45) is 10.9 Å². The molecule has 0 fully saturated rings. The van der Waals surface area contributed by atoms with Crippen molar-refractivity contribution in [2.75, 3.05) is 14.2 Å². The van der Waals surface area contributed by atoms with E-state index in [4.69, 9.17) is 15.7 Å². The summed E-state index contributed by atoms with van der Waals surface area (Å²) in [5, 5.41) is 11.5. The number of nitrogens with two attached hydrogens (primary N) is 1. The standard InChI is InChI=1S/C12H20N4O2/c1-9(7-11(13)15-17)16(2)8-10-5-4-6-12(14-10)18-3/h4-6,9,17H,7-8H2,1-3H3,(H2,13,15). The molecule has 0 bridgehead atoms. The van der Waals surface area contributed by atoms with Crippen LogP contribution in [0.25, 0.3) is 0 Å². The van der Waals surface area contributed by atoms with Crippen molar-refractivity contribution in [3.05, 3.63) is 23.9 Å². The van der Waals surface area contributed by atoms with Gasteiger partial charge in [-0.15, -0.1) is 0 Å². The highest BCUT2D eigenvalue weighted by atomic mass is 16.5. The van der Waals surface area contributed by atoms with E-state index in [9.17, 15) is 0 Å². The van der Waals surface area contributed by atoms with Crippen molar-refractivity contribution in [1.82, 2.24) is 9.88 Å². The van der Waals surface area contributed by atoms with Crippen LogP contribution in [0.2, 0.25) is 0 Å². The van der Waals surface area contributed by atoms with Crippen LogP contribution in [0.15, 0.2) is 23.4 Å². The fraction of sp³-hybridized carbons (Fsp3) is 0.500. The highest BCUT2D eigenvalue weighted by molar-refractivity contribution is 5.80. The predicted molar refractivity (Wildman–Crippen MR) is 69.7 cm³/mol. The van der Waals surface area contributed by atoms with Crippen LogP contribution in [0, 0.1) is 0 Å². The Balaban J connectivity index is 2.60. The molecule has 6 nitrogen and oxygen atoms in total. The summed E-state index contributed by atoms with van der Waals surface area (Å²) in [6, 6.07) is 5.82. The molecule has 1 heterocycles. The first-order valence-corrected chi connectivity index (χ1v) is 5.73. The summed E-state index contributed by atoms with van der Waals surface area (Å²) < 4.78 is 5.08. The third kappa shape index (κ3) is 4.21. The molecule has 0 spiro atoms. The number of hydrogen-bond donors (Lipinski definition) is 2. The normalized spacial score (nSPS) is 13.7. The third-order valence-corrected chi connectivity index (χ3v) is 2.79. The Morgan fingerprint density at radius 2 is 2.33 bits per heavy atom. The number of hydrogen-bond acceptors (Lipinski definition) is 5. The molecular weight excluding hydrogens is 232 g/mol. The Bertz CT molecular complexity index is 409. The van der Waals surface area contributed by atoms with Gasteiger partial charge in [0.05, 0.1) is 12.8 Å². The van der Waals surface area contributed by atoms with E-state index >= 15 is 0 Å². The van der Waals surface area contributed by atoms with Crippen molar-refractivity contribution in [3.8, 4) is 5.88 Å². The van der Waals surface area contributed by atoms with E-state index in [1.54, 1.807) is 7.11 Å². The van der Waals surface area contributed by atoms with Gasteiger partial charge in [-0.1, -0.05) is 11.2 Å². The molecule has 100 valence electrons. The van der Waals surface area contributed by atoms with Crippen LogP contribution in [0.4, 0.5) is 0 Å². The highest BCUT2D eigenvalue weighted by Gasteiger charge is 2.12. The van der Waals surface area contributed by atoms with Crippen molar-refractivity contribution in [3.63, 3.8) is 0 Å². The molecule has 1 aromatic rings. The van der Waals surface area contributed by atoms with Crippen molar-refractivity contribution in [1.29, 1.82) is 0 Å². The second-order valence-electron chi connectivity index (χ2n) is 4.23. The molecule has 6 heteroatoms. The SMILES string of the molecule is COc1cccc(CN(C)C(C)CC(N)=NO)n1. The van der Waals surface area contributed by atoms with Crippen LogP contribution in [0.5, 0.6) is 5.88 Å². The molecule has 1 unspecified atom stereocenters. The zero-order chi connectivity index (χ0) is 13.5. The first-order valence-electron chi connectivity index (χ1n) is 5.73. The van der Waals surface area contributed by atoms with E-state index in [2.05, 4.69) is 15.0 Å². The topological polar surface area (TPSA) is 84.0 Å². The maximum absolute atomic E-state index is 8.54. The molecule has 0 aliphatic carbocycles. The van der Waals surface area contributed by atoms with Crippen LogP contribution in [-0.4, -0.2) is 41.1 Å². The Morgan fingerprint density at radius 1 is 1.61 bits per heavy atom. The van der Waals surface area contributed by atoms with E-state index in [1.807, 2.05) is 32.2 Å². The third-order valence-electron chi connectivity index (χ3n) is 2.79. The largest absolute Gasteiger partial charge is 0.481 e. The number of amidine groups is 1. The average Bonchev–Trinajstić information content (AvgIpc) is 2.38. The van der Waals surface area contributed by atoms with Crippen LogP contribution < -0.4 is 10.5 Å². The Morgan fingerprint density at radius 3 is 2.94 bits per heavy atom. The predicted octanol–water partition coefficient (Wildman–Crippen LogP) is 1.05. The fourth-order valence-corrected chi connectivity index (χ4v) is 1.57. The lowest BCUT2D eigenvalue weighted by atomic mass is 10.2. The minimum Gasteiger partial charge on any atom is -0.481 e. The van der Waals surface area contributed by atoms with Gasteiger partial charge >= 0.3 is 0 Å². The number of oxime groups is 1. The second-order valence-corrected chi connectivity index (χ2v) is 4.23. The number of pyridine rings is 1. The van der Waals surface area contributed by atoms with Gasteiger partial charge in [-0.25, -0.2) is 4.98 Å². The molecule has 0 saturated carbocycles. The molecule has 18 heavy (non-hydrogen) atoms. The summed E-state index contributed by atoms with van der Waals surface area (Å²) in [7, 11) is 3.56. The molecule has 0 amide bonds. The van der Waals surface area contributed by atoms with E-state index in [1.165, 1.54) is 0 Å². The first kappa shape index (κ1) is 14.2. The molecule has 0 aromatic carbocycles. The molecular formula is C12H20N4O2. The Labute approximate surface area is 107 Å². The lowest BCUT2D eigenvalue weighted by Crippen LogP contribution is -2.33. The van der Waals surface area contributed by atoms with Gasteiger partial charge in [0.25, 0.3) is 0 Å². The second kappa shape index (κ2) is 6.80. The van der Waals surface area contributed by atoms with Crippen LogP contribution in [0.1, 0.15) is 19.0 Å². The quantitative estimate of drug-likeness (QED) is 0.342. The maximum Gasteiger partial charge on any atom is 0.213 e. The van der Waals surface area contributed by atoms with Crippen LogP contribution in [0.3, 0.4) is 0 Å². The van der Waals surface area contributed by atoms with Gasteiger partial charge in [-0.3, -0.25) is 4.90 Å². The summed E-state index contributed by atoms with van der Waals surface area (Å²) in [5.74, 6) is 0.831. The number of methoxy groups -OCH3 is 1. The van der Waals surface area contributed by atoms with Crippen LogP contribution in [-0.2, 0) is 6.54 Å². The van der Waals surface area contributed by atoms with Gasteiger partial charge in [0.1, 0.15) is 5.84 Å².